The molecular weight excluding hydrogens is 1190 g/mol. The number of rotatable bonds is 19. The molecule has 2 aliphatic heterocycles. The van der Waals surface area contributed by atoms with E-state index in [1.54, 1.807) is 31.6 Å². The van der Waals surface area contributed by atoms with Crippen LogP contribution in [0.1, 0.15) is 204 Å². The van der Waals surface area contributed by atoms with Gasteiger partial charge in [0.1, 0.15) is 24.6 Å². The van der Waals surface area contributed by atoms with Gasteiger partial charge in [-0.3, -0.25) is 19.2 Å². The number of likely N-dealkylation sites (tertiary alicyclic amines) is 2. The molecule has 2 aromatic heterocycles. The molecular formula is C74H102N8O12. The van der Waals surface area contributed by atoms with Gasteiger partial charge in [-0.15, -0.1) is 10.2 Å². The minimum Gasteiger partial charge on any atom is -0.459 e. The highest BCUT2D eigenvalue weighted by Gasteiger charge is 2.68. The minimum atomic E-state index is -0.728. The van der Waals surface area contributed by atoms with Gasteiger partial charge in [0.25, 0.3) is 11.8 Å². The van der Waals surface area contributed by atoms with E-state index in [0.29, 0.717) is 49.9 Å². The van der Waals surface area contributed by atoms with Crippen molar-refractivity contribution in [3.05, 3.63) is 95.6 Å². The molecule has 8 saturated carbocycles. The summed E-state index contributed by atoms with van der Waals surface area (Å²) in [5.41, 5.74) is 1.86. The lowest BCUT2D eigenvalue weighted by Crippen LogP contribution is -2.62. The number of aliphatic hydroxyl groups is 6. The fourth-order valence-electron chi connectivity index (χ4n) is 23.2. The van der Waals surface area contributed by atoms with Crippen LogP contribution in [0.15, 0.2) is 73.1 Å². The van der Waals surface area contributed by atoms with Crippen LogP contribution in [0.2, 0.25) is 0 Å². The predicted molar refractivity (Wildman–Crippen MR) is 344 cm³/mol. The molecule has 510 valence electrons. The number of β-lactam (4-membered cyclic amide) rings is 2. The van der Waals surface area contributed by atoms with Crippen molar-refractivity contribution in [1.82, 2.24) is 39.8 Å². The van der Waals surface area contributed by atoms with Gasteiger partial charge in [-0.1, -0.05) is 113 Å². The monoisotopic (exact) mass is 1290 g/mol. The predicted octanol–water partition coefficient (Wildman–Crippen LogP) is 8.66. The van der Waals surface area contributed by atoms with Crippen LogP contribution in [-0.2, 0) is 41.9 Å². The van der Waals surface area contributed by atoms with Crippen LogP contribution in [0.3, 0.4) is 0 Å². The average molecular weight is 1300 g/mol. The van der Waals surface area contributed by atoms with Crippen molar-refractivity contribution < 1.29 is 59.3 Å². The first-order valence-electron chi connectivity index (χ1n) is 35.9. The second-order valence-corrected chi connectivity index (χ2v) is 32.4. The zero-order chi connectivity index (χ0) is 65.9. The van der Waals surface area contributed by atoms with Crippen LogP contribution in [0, 0.1) is 92.7 Å². The quantitative estimate of drug-likeness (QED) is 0.0378. The van der Waals surface area contributed by atoms with Gasteiger partial charge in [-0.25, -0.2) is 9.36 Å². The summed E-state index contributed by atoms with van der Waals surface area (Å²) in [4.78, 5) is 59.2. The summed E-state index contributed by atoms with van der Waals surface area (Å²) < 4.78 is 14.7. The SMILES string of the molecule is C[C@H](CCC(=O)OCc1cn([C@@H]2C(=O)N(CCN3C(=O)[C@@H](n4cc(COC(=O)CC[C@@H](C)C5CCC6C7C(C[C@H](O)[C@@]65C)[C@@]5(C)CC[C@@H](O)CC5C[C@H]7O)nn4)[C@H]3c3ccccc3)[C@@H]2c2ccccc2)nn1)C1CCC2C3C(C[C@H](O)[C@@]21C)[C@@]1(C)CC[C@@H](O)CC1C[C@H]3O. The zero-order valence-corrected chi connectivity index (χ0v) is 55.9. The number of amides is 2. The number of fused-ring (bicyclic) bond motifs is 10. The molecule has 0 spiro atoms. The number of carbonyl (C=O) groups excluding carboxylic acids is 4. The summed E-state index contributed by atoms with van der Waals surface area (Å²) in [6, 6.07) is 17.1. The molecule has 10 aliphatic rings. The molecule has 2 aromatic carbocycles. The Kier molecular flexibility index (Phi) is 17.7. The van der Waals surface area contributed by atoms with Gasteiger partial charge in [0, 0.05) is 25.9 Å². The van der Waals surface area contributed by atoms with Gasteiger partial charge >= 0.3 is 11.9 Å². The smallest absolute Gasteiger partial charge is 0.306 e. The maximum atomic E-state index is 14.4. The number of esters is 2. The Bertz CT molecular complexity index is 3190. The van der Waals surface area contributed by atoms with E-state index in [2.05, 4.69) is 62.2 Å². The molecule has 20 nitrogen and oxygen atoms in total. The summed E-state index contributed by atoms with van der Waals surface area (Å²) in [6.07, 6.45) is 13.8. The van der Waals surface area contributed by atoms with Gasteiger partial charge in [-0.2, -0.15) is 0 Å². The molecule has 2 amide bonds. The van der Waals surface area contributed by atoms with E-state index in [4.69, 9.17) is 9.47 Å². The lowest BCUT2D eigenvalue weighted by Gasteiger charge is -2.63. The van der Waals surface area contributed by atoms with Crippen molar-refractivity contribution in [3.8, 4) is 0 Å². The molecule has 0 bridgehead atoms. The Hall–Kier alpha value is -5.64. The van der Waals surface area contributed by atoms with Crippen LogP contribution in [-0.4, -0.2) is 144 Å². The van der Waals surface area contributed by atoms with Crippen LogP contribution < -0.4 is 0 Å². The third-order valence-corrected chi connectivity index (χ3v) is 28.3. The lowest BCUT2D eigenvalue weighted by atomic mass is 9.43. The number of carbonyl (C=O) groups is 4. The van der Waals surface area contributed by atoms with E-state index in [1.165, 1.54) is 0 Å². The van der Waals surface area contributed by atoms with E-state index in [9.17, 15) is 49.8 Å². The average Bonchev–Trinajstić information content (AvgIpc) is 1.23. The van der Waals surface area contributed by atoms with E-state index in [0.717, 1.165) is 75.3 Å². The van der Waals surface area contributed by atoms with Crippen molar-refractivity contribution in [2.45, 2.75) is 231 Å². The molecule has 2 saturated heterocycles. The van der Waals surface area contributed by atoms with Gasteiger partial charge < -0.3 is 49.9 Å². The molecule has 4 heterocycles. The highest BCUT2D eigenvalue weighted by molar-refractivity contribution is 5.89. The Morgan fingerprint density at radius 1 is 0.521 bits per heavy atom. The molecule has 8 aliphatic carbocycles. The molecule has 10 unspecified atom stereocenters. The van der Waals surface area contributed by atoms with E-state index in [-0.39, 0.29) is 168 Å². The Morgan fingerprint density at radius 2 is 0.915 bits per heavy atom. The second-order valence-electron chi connectivity index (χ2n) is 32.4. The van der Waals surface area contributed by atoms with Crippen LogP contribution in [0.25, 0.3) is 0 Å². The fraction of sp³-hybridized carbons (Fsp3) is 0.730. The summed E-state index contributed by atoms with van der Waals surface area (Å²) in [6.45, 7) is 13.8. The molecule has 4 aromatic rings. The summed E-state index contributed by atoms with van der Waals surface area (Å²) in [7, 11) is 0. The highest BCUT2D eigenvalue weighted by Crippen LogP contribution is 2.70. The first-order chi connectivity index (χ1) is 45.0. The Morgan fingerprint density at radius 3 is 1.31 bits per heavy atom. The number of benzene rings is 2. The normalized spacial score (nSPS) is 42.0. The van der Waals surface area contributed by atoms with E-state index < -0.39 is 48.6 Å². The van der Waals surface area contributed by atoms with Crippen molar-refractivity contribution in [1.29, 1.82) is 0 Å². The minimum absolute atomic E-state index is 0.000855. The second kappa shape index (κ2) is 25.3. The number of ether oxygens (including phenoxy) is 2. The van der Waals surface area contributed by atoms with Gasteiger partial charge in [0.15, 0.2) is 12.1 Å². The highest BCUT2D eigenvalue weighted by atomic mass is 16.5. The first-order valence-corrected chi connectivity index (χ1v) is 35.9. The molecule has 20 heteroatoms. The first kappa shape index (κ1) is 65.6. The number of aromatic nitrogens is 6. The molecule has 6 N–H and O–H groups in total. The van der Waals surface area contributed by atoms with E-state index >= 15 is 0 Å². The molecule has 14 rings (SSSR count). The van der Waals surface area contributed by atoms with Crippen molar-refractivity contribution in [3.63, 3.8) is 0 Å². The van der Waals surface area contributed by atoms with E-state index in [1.807, 2.05) is 60.7 Å². The van der Waals surface area contributed by atoms with Gasteiger partial charge in [0.05, 0.1) is 61.1 Å². The summed E-state index contributed by atoms with van der Waals surface area (Å²) >= 11 is 0. The van der Waals surface area contributed by atoms with Gasteiger partial charge in [-0.05, 0) is 207 Å². The fourth-order valence-corrected chi connectivity index (χ4v) is 23.2. The van der Waals surface area contributed by atoms with Crippen molar-refractivity contribution >= 4 is 23.8 Å². The largest absolute Gasteiger partial charge is 0.459 e. The van der Waals surface area contributed by atoms with Gasteiger partial charge in [0.2, 0.25) is 0 Å². The summed E-state index contributed by atoms with van der Waals surface area (Å²) in [5.74, 6) is 1.15. The maximum Gasteiger partial charge on any atom is 0.306 e. The maximum absolute atomic E-state index is 14.4. The Balaban J connectivity index is 0.563. The third-order valence-electron chi connectivity index (χ3n) is 28.3. The lowest BCUT2D eigenvalue weighted by molar-refractivity contribution is -0.207. The number of nitrogens with zero attached hydrogens (tertiary/aromatic N) is 8. The van der Waals surface area contributed by atoms with Crippen LogP contribution in [0.5, 0.6) is 0 Å². The molecule has 26 atom stereocenters. The van der Waals surface area contributed by atoms with Crippen molar-refractivity contribution in [2.24, 2.45) is 92.7 Å². The number of aliphatic hydroxyl groups excluding tert-OH is 6. The summed E-state index contributed by atoms with van der Waals surface area (Å²) in [5, 5.41) is 86.2. The van der Waals surface area contributed by atoms with Crippen LogP contribution in [0.4, 0.5) is 0 Å². The number of hydrogen-bond donors (Lipinski definition) is 6. The molecule has 10 fully saturated rings. The van der Waals surface area contributed by atoms with Crippen molar-refractivity contribution in [2.75, 3.05) is 13.1 Å². The topological polar surface area (TPSA) is 276 Å². The molecule has 94 heavy (non-hydrogen) atoms. The van der Waals surface area contributed by atoms with Crippen LogP contribution >= 0.6 is 0 Å². The number of hydrogen-bond acceptors (Lipinski definition) is 16. The third kappa shape index (κ3) is 11.0. The molecule has 0 radical (unpaired) electrons. The standard InChI is InChI=1S/C74H102N8O12/c1-41(51-19-21-53-63-55(35-59(87)73(51,53)5)71(3)27-25-49(83)31-45(71)33-57(63)85)17-23-61(89)93-39-47-37-81(77-75-47)67-65(43-13-9-7-10-14-43)79(69(67)91)29-30-80-66(44-15-11-8-12-16-44)68(70(80)92)82-38-48(76-78-82)40-94-62(90)24-18-42(2)52-20-22-54-64-56(36-60(88)74(52,54)6)72(4)28-26-50(84)32-46(72)34-58(64)86/h7-16,37-38,41-42,45-46,49-60,63-68,83-88H,17-36,39-40H2,1-6H3/t41-,42-,45?,46?,49-,50-,51?,52?,53?,54?,55?,56?,57-,58-,59+,60+,63?,64?,65-,66-,67+,68+,71+,72+,73-,74-/m1/s1. The Labute approximate surface area is 552 Å². The zero-order valence-electron chi connectivity index (χ0n) is 55.9.